The number of nitrogens with one attached hydrogen (secondary N) is 1. The molecular weight excluding hydrogens is 352 g/mol. The molecule has 2 amide bonds. The van der Waals surface area contributed by atoms with Crippen LogP contribution < -0.4 is 5.32 Å². The Kier molecular flexibility index (Phi) is 4.95. The molecule has 4 rings (SSSR count). The molecular formula is C23H38N2O3. The van der Waals surface area contributed by atoms with Crippen LogP contribution in [0.25, 0.3) is 0 Å². The molecule has 5 nitrogen and oxygen atoms in total. The molecule has 28 heavy (non-hydrogen) atoms. The van der Waals surface area contributed by atoms with Crippen molar-refractivity contribution in [1.29, 1.82) is 0 Å². The van der Waals surface area contributed by atoms with E-state index in [-0.39, 0.29) is 23.0 Å². The van der Waals surface area contributed by atoms with Crippen molar-refractivity contribution in [2.24, 2.45) is 34.5 Å². The predicted molar refractivity (Wildman–Crippen MR) is 109 cm³/mol. The summed E-state index contributed by atoms with van der Waals surface area (Å²) < 4.78 is 5.67. The fraction of sp³-hybridized carbons (Fsp3) is 0.913. The van der Waals surface area contributed by atoms with Gasteiger partial charge in [-0.2, -0.15) is 0 Å². The summed E-state index contributed by atoms with van der Waals surface area (Å²) in [7, 11) is 3.66. The Balaban J connectivity index is 1.55. The van der Waals surface area contributed by atoms with Crippen LogP contribution in [0.5, 0.6) is 0 Å². The molecule has 1 aliphatic heterocycles. The van der Waals surface area contributed by atoms with Gasteiger partial charge in [0.05, 0.1) is 0 Å². The first kappa shape index (κ1) is 20.0. The van der Waals surface area contributed by atoms with Crippen LogP contribution in [0.2, 0.25) is 0 Å². The zero-order valence-electron chi connectivity index (χ0n) is 18.3. The van der Waals surface area contributed by atoms with Gasteiger partial charge in [-0.05, 0) is 80.5 Å². The Morgan fingerprint density at radius 1 is 1.11 bits per heavy atom. The van der Waals surface area contributed by atoms with Crippen molar-refractivity contribution in [3.05, 3.63) is 0 Å². The maximum absolute atomic E-state index is 12.3. The van der Waals surface area contributed by atoms with Gasteiger partial charge >= 0.3 is 6.09 Å². The number of nitrogens with zero attached hydrogens (tertiary/aromatic N) is 1. The van der Waals surface area contributed by atoms with Gasteiger partial charge in [0.15, 0.2) is 0 Å². The zero-order valence-corrected chi connectivity index (χ0v) is 18.3. The summed E-state index contributed by atoms with van der Waals surface area (Å²) in [5.74, 6) is 3.01. The molecule has 0 aromatic carbocycles. The average molecular weight is 391 g/mol. The number of hydrogen-bond donors (Lipinski definition) is 1. The first-order chi connectivity index (χ1) is 13.2. The van der Waals surface area contributed by atoms with E-state index in [9.17, 15) is 9.59 Å². The standard InChI is InChI=1S/C23H38N2O3/c1-14(28-21(27)24-4)16-7-8-17-15-6-9-19-23(3,13-11-20(26)25(19)5)18(15)10-12-22(16,17)2/h14-19H,6-13H2,1-5H3,(H,24,27)/t14?,15-,16+,17-,18-,19?,22+,23+/m0/s1. The topological polar surface area (TPSA) is 58.6 Å². The van der Waals surface area contributed by atoms with Crippen LogP contribution >= 0.6 is 0 Å². The van der Waals surface area contributed by atoms with E-state index in [0.29, 0.717) is 24.3 Å². The second-order valence-corrected chi connectivity index (χ2v) is 10.6. The highest BCUT2D eigenvalue weighted by Gasteiger charge is 2.61. The highest BCUT2D eigenvalue weighted by Crippen LogP contribution is 2.66. The Bertz CT molecular complexity index is 652. The Hall–Kier alpha value is -1.26. The second kappa shape index (κ2) is 6.91. The smallest absolute Gasteiger partial charge is 0.407 e. The molecule has 3 aliphatic carbocycles. The van der Waals surface area contributed by atoms with Crippen molar-refractivity contribution in [3.63, 3.8) is 0 Å². The van der Waals surface area contributed by atoms with E-state index in [1.807, 2.05) is 7.05 Å². The number of alkyl carbamates (subject to hydrolysis) is 1. The average Bonchev–Trinajstić information content (AvgIpc) is 3.02. The van der Waals surface area contributed by atoms with Gasteiger partial charge in [0.1, 0.15) is 6.10 Å². The molecule has 5 heteroatoms. The number of carbonyl (C=O) groups is 2. The van der Waals surface area contributed by atoms with Crippen LogP contribution in [0, 0.1) is 34.5 Å². The second-order valence-electron chi connectivity index (χ2n) is 10.6. The van der Waals surface area contributed by atoms with Crippen LogP contribution in [0.15, 0.2) is 0 Å². The van der Waals surface area contributed by atoms with E-state index < -0.39 is 0 Å². The number of carbonyl (C=O) groups excluding carboxylic acids is 2. The van der Waals surface area contributed by atoms with Crippen molar-refractivity contribution in [2.75, 3.05) is 14.1 Å². The zero-order chi connectivity index (χ0) is 20.3. The minimum absolute atomic E-state index is 0.0307. The molecule has 4 fully saturated rings. The van der Waals surface area contributed by atoms with Crippen molar-refractivity contribution in [1.82, 2.24) is 10.2 Å². The lowest BCUT2D eigenvalue weighted by Gasteiger charge is -2.62. The predicted octanol–water partition coefficient (Wildman–Crippen LogP) is 4.21. The summed E-state index contributed by atoms with van der Waals surface area (Å²) in [5.41, 5.74) is 0.545. The van der Waals surface area contributed by atoms with E-state index in [1.54, 1.807) is 7.05 Å². The van der Waals surface area contributed by atoms with Gasteiger partial charge in [-0.15, -0.1) is 0 Å². The molecule has 2 unspecified atom stereocenters. The minimum atomic E-state index is -0.309. The molecule has 0 radical (unpaired) electrons. The van der Waals surface area contributed by atoms with Gasteiger partial charge in [0.2, 0.25) is 5.91 Å². The Labute approximate surface area is 169 Å². The number of amides is 2. The number of fused-ring (bicyclic) bond motifs is 5. The lowest BCUT2D eigenvalue weighted by Crippen LogP contribution is -2.61. The number of piperidine rings is 1. The van der Waals surface area contributed by atoms with E-state index in [4.69, 9.17) is 4.74 Å². The number of hydrogen-bond acceptors (Lipinski definition) is 3. The summed E-state index contributed by atoms with van der Waals surface area (Å²) in [4.78, 5) is 26.1. The molecule has 4 aliphatic rings. The van der Waals surface area contributed by atoms with Gasteiger partial charge in [-0.1, -0.05) is 13.8 Å². The van der Waals surface area contributed by atoms with Crippen molar-refractivity contribution >= 4 is 12.0 Å². The fourth-order valence-electron chi connectivity index (χ4n) is 8.27. The molecule has 0 spiro atoms. The third-order valence-corrected chi connectivity index (χ3v) is 9.69. The van der Waals surface area contributed by atoms with Crippen molar-refractivity contribution in [3.8, 4) is 0 Å². The van der Waals surface area contributed by atoms with E-state index in [1.165, 1.54) is 32.1 Å². The molecule has 1 heterocycles. The SMILES string of the molecule is CNC(=O)OC(C)[C@H]1CC[C@H]2[C@@H]3CCC4N(C)C(=O)CC[C@]4(C)[C@H]3CC[C@]12C. The van der Waals surface area contributed by atoms with Crippen molar-refractivity contribution in [2.45, 2.75) is 84.3 Å². The summed E-state index contributed by atoms with van der Waals surface area (Å²) in [6, 6.07) is 0.423. The summed E-state index contributed by atoms with van der Waals surface area (Å²) in [6.07, 6.45) is 8.76. The Morgan fingerprint density at radius 2 is 1.82 bits per heavy atom. The largest absolute Gasteiger partial charge is 0.446 e. The van der Waals surface area contributed by atoms with Crippen LogP contribution in [-0.4, -0.2) is 43.1 Å². The minimum Gasteiger partial charge on any atom is -0.446 e. The fourth-order valence-corrected chi connectivity index (χ4v) is 8.27. The molecule has 0 aromatic heterocycles. The first-order valence-electron chi connectivity index (χ1n) is 11.4. The molecule has 0 bridgehead atoms. The molecule has 158 valence electrons. The van der Waals surface area contributed by atoms with Crippen LogP contribution in [0.4, 0.5) is 4.79 Å². The van der Waals surface area contributed by atoms with Gasteiger partial charge in [-0.25, -0.2) is 4.79 Å². The van der Waals surface area contributed by atoms with Crippen LogP contribution in [-0.2, 0) is 9.53 Å². The van der Waals surface area contributed by atoms with Gasteiger partial charge in [0.25, 0.3) is 0 Å². The normalized spacial score (nSPS) is 46.2. The summed E-state index contributed by atoms with van der Waals surface area (Å²) in [5, 5.41) is 2.60. The number of likely N-dealkylation sites (tertiary alicyclic amines) is 1. The van der Waals surface area contributed by atoms with E-state index in [0.717, 1.165) is 30.6 Å². The van der Waals surface area contributed by atoms with E-state index >= 15 is 0 Å². The summed E-state index contributed by atoms with van der Waals surface area (Å²) in [6.45, 7) is 7.03. The van der Waals surface area contributed by atoms with Crippen molar-refractivity contribution < 1.29 is 14.3 Å². The van der Waals surface area contributed by atoms with E-state index in [2.05, 4.69) is 31.0 Å². The van der Waals surface area contributed by atoms with Gasteiger partial charge in [-0.3, -0.25) is 4.79 Å². The molecule has 8 atom stereocenters. The van der Waals surface area contributed by atoms with Gasteiger partial charge in [0, 0.05) is 32.5 Å². The maximum atomic E-state index is 12.3. The highest BCUT2D eigenvalue weighted by atomic mass is 16.6. The maximum Gasteiger partial charge on any atom is 0.407 e. The number of rotatable bonds is 2. The quantitative estimate of drug-likeness (QED) is 0.768. The first-order valence-corrected chi connectivity index (χ1v) is 11.4. The van der Waals surface area contributed by atoms with Crippen LogP contribution in [0.3, 0.4) is 0 Å². The van der Waals surface area contributed by atoms with Crippen LogP contribution in [0.1, 0.15) is 72.1 Å². The molecule has 0 aromatic rings. The Morgan fingerprint density at radius 3 is 2.54 bits per heavy atom. The molecule has 3 saturated carbocycles. The number of ether oxygens (including phenoxy) is 1. The third kappa shape index (κ3) is 2.79. The molecule has 1 saturated heterocycles. The lowest BCUT2D eigenvalue weighted by atomic mass is 9.46. The van der Waals surface area contributed by atoms with Gasteiger partial charge < -0.3 is 15.0 Å². The summed E-state index contributed by atoms with van der Waals surface area (Å²) >= 11 is 0. The lowest BCUT2D eigenvalue weighted by molar-refractivity contribution is -0.159. The highest BCUT2D eigenvalue weighted by molar-refractivity contribution is 5.77. The monoisotopic (exact) mass is 390 g/mol. The third-order valence-electron chi connectivity index (χ3n) is 9.69. The molecule has 1 N–H and O–H groups in total.